The Labute approximate surface area is 145 Å². The highest BCUT2D eigenvalue weighted by molar-refractivity contribution is 5.74. The van der Waals surface area contributed by atoms with Crippen molar-refractivity contribution in [2.24, 2.45) is 0 Å². The first kappa shape index (κ1) is 15.4. The third-order valence-corrected chi connectivity index (χ3v) is 4.33. The van der Waals surface area contributed by atoms with Crippen LogP contribution in [0.2, 0.25) is 0 Å². The van der Waals surface area contributed by atoms with E-state index in [1.165, 1.54) is 0 Å². The topological polar surface area (TPSA) is 85.0 Å². The molecule has 2 N–H and O–H groups in total. The average Bonchev–Trinajstić information content (AvgIpc) is 3.37. The number of furan rings is 1. The van der Waals surface area contributed by atoms with Crippen molar-refractivity contribution in [2.45, 2.75) is 32.0 Å². The van der Waals surface area contributed by atoms with Crippen LogP contribution in [-0.4, -0.2) is 20.8 Å². The number of carbonyl (C=O) groups is 1. The maximum absolute atomic E-state index is 12.4. The summed E-state index contributed by atoms with van der Waals surface area (Å²) in [7, 11) is 0. The Morgan fingerprint density at radius 2 is 2.08 bits per heavy atom. The van der Waals surface area contributed by atoms with Crippen LogP contribution in [0, 0.1) is 0 Å². The zero-order chi connectivity index (χ0) is 17.1. The van der Waals surface area contributed by atoms with Crippen molar-refractivity contribution < 1.29 is 9.21 Å². The summed E-state index contributed by atoms with van der Waals surface area (Å²) in [6, 6.07) is 12.8. The van der Waals surface area contributed by atoms with E-state index >= 15 is 0 Å². The van der Waals surface area contributed by atoms with Gasteiger partial charge < -0.3 is 19.6 Å². The molecular formula is C18H19N5O2. The van der Waals surface area contributed by atoms with Crippen molar-refractivity contribution in [2.75, 3.05) is 0 Å². The number of benzene rings is 1. The fourth-order valence-corrected chi connectivity index (χ4v) is 3.10. The SMILES string of the molecule is O=C(NCc1nnc2n1CCC2)N[C@H](c1ccccc1)c1ccco1. The molecule has 2 aromatic heterocycles. The summed E-state index contributed by atoms with van der Waals surface area (Å²) in [6.45, 7) is 1.26. The van der Waals surface area contributed by atoms with E-state index in [4.69, 9.17) is 4.42 Å². The summed E-state index contributed by atoms with van der Waals surface area (Å²) >= 11 is 0. The van der Waals surface area contributed by atoms with E-state index in [2.05, 4.69) is 25.4 Å². The Morgan fingerprint density at radius 3 is 2.88 bits per heavy atom. The first-order valence-corrected chi connectivity index (χ1v) is 8.35. The number of rotatable bonds is 5. The lowest BCUT2D eigenvalue weighted by molar-refractivity contribution is 0.236. The lowest BCUT2D eigenvalue weighted by Gasteiger charge is -2.17. The van der Waals surface area contributed by atoms with Gasteiger partial charge in [0.15, 0.2) is 5.82 Å². The maximum Gasteiger partial charge on any atom is 0.316 e. The van der Waals surface area contributed by atoms with Crippen molar-refractivity contribution in [1.29, 1.82) is 0 Å². The average molecular weight is 337 g/mol. The summed E-state index contributed by atoms with van der Waals surface area (Å²) in [5.74, 6) is 2.47. The van der Waals surface area contributed by atoms with Gasteiger partial charge in [0.1, 0.15) is 17.6 Å². The van der Waals surface area contributed by atoms with Gasteiger partial charge in [-0.05, 0) is 24.1 Å². The highest BCUT2D eigenvalue weighted by atomic mass is 16.3. The number of fused-ring (bicyclic) bond motifs is 1. The Morgan fingerprint density at radius 1 is 1.20 bits per heavy atom. The molecule has 7 nitrogen and oxygen atoms in total. The molecule has 25 heavy (non-hydrogen) atoms. The standard InChI is InChI=1S/C18H19N5O2/c24-18(19-12-16-22-21-15-9-4-10-23(15)16)20-17(14-8-5-11-25-14)13-6-2-1-3-7-13/h1-3,5-8,11,17H,4,9-10,12H2,(H2,19,20,24)/t17-/m1/s1. The Bertz CT molecular complexity index is 842. The molecule has 7 heteroatoms. The van der Waals surface area contributed by atoms with E-state index in [1.54, 1.807) is 6.26 Å². The summed E-state index contributed by atoms with van der Waals surface area (Å²) < 4.78 is 7.56. The molecule has 1 aromatic carbocycles. The predicted octanol–water partition coefficient (Wildman–Crippen LogP) is 2.41. The van der Waals surface area contributed by atoms with Gasteiger partial charge in [0.25, 0.3) is 0 Å². The van der Waals surface area contributed by atoms with Gasteiger partial charge in [0, 0.05) is 13.0 Å². The molecule has 128 valence electrons. The molecule has 0 aliphatic carbocycles. The van der Waals surface area contributed by atoms with Crippen LogP contribution in [0.25, 0.3) is 0 Å². The second-order valence-electron chi connectivity index (χ2n) is 5.97. The van der Waals surface area contributed by atoms with Gasteiger partial charge >= 0.3 is 6.03 Å². The number of aryl methyl sites for hydroxylation is 1. The smallest absolute Gasteiger partial charge is 0.316 e. The molecule has 4 rings (SSSR count). The molecule has 0 spiro atoms. The van der Waals surface area contributed by atoms with Crippen LogP contribution in [0.1, 0.15) is 35.4 Å². The largest absolute Gasteiger partial charge is 0.467 e. The van der Waals surface area contributed by atoms with E-state index < -0.39 is 0 Å². The summed E-state index contributed by atoms with van der Waals surface area (Å²) in [6.07, 6.45) is 3.64. The zero-order valence-corrected chi connectivity index (χ0v) is 13.7. The Balaban J connectivity index is 1.44. The fraction of sp³-hybridized carbons (Fsp3) is 0.278. The number of hydrogen-bond donors (Lipinski definition) is 2. The van der Waals surface area contributed by atoms with Crippen LogP contribution < -0.4 is 10.6 Å². The highest BCUT2D eigenvalue weighted by Gasteiger charge is 2.21. The molecule has 0 saturated heterocycles. The van der Waals surface area contributed by atoms with Gasteiger partial charge in [-0.2, -0.15) is 0 Å². The number of aromatic nitrogens is 3. The maximum atomic E-state index is 12.4. The van der Waals surface area contributed by atoms with Gasteiger partial charge in [0.05, 0.1) is 12.8 Å². The minimum Gasteiger partial charge on any atom is -0.467 e. The molecule has 0 radical (unpaired) electrons. The van der Waals surface area contributed by atoms with Crippen molar-refractivity contribution in [1.82, 2.24) is 25.4 Å². The number of nitrogens with zero attached hydrogens (tertiary/aromatic N) is 3. The van der Waals surface area contributed by atoms with Gasteiger partial charge in [0.2, 0.25) is 0 Å². The monoisotopic (exact) mass is 337 g/mol. The van der Waals surface area contributed by atoms with Crippen LogP contribution in [0.5, 0.6) is 0 Å². The Hall–Kier alpha value is -3.09. The summed E-state index contributed by atoms with van der Waals surface area (Å²) in [4.78, 5) is 12.4. The van der Waals surface area contributed by atoms with E-state index in [9.17, 15) is 4.79 Å². The first-order chi connectivity index (χ1) is 12.3. The lowest BCUT2D eigenvalue weighted by Crippen LogP contribution is -2.38. The molecule has 0 fully saturated rings. The third-order valence-electron chi connectivity index (χ3n) is 4.33. The van der Waals surface area contributed by atoms with Gasteiger partial charge in [-0.15, -0.1) is 10.2 Å². The minimum atomic E-state index is -0.347. The molecule has 3 aromatic rings. The third kappa shape index (κ3) is 3.26. The van der Waals surface area contributed by atoms with Gasteiger partial charge in [-0.25, -0.2) is 4.79 Å². The van der Waals surface area contributed by atoms with Crippen molar-refractivity contribution in [3.8, 4) is 0 Å². The van der Waals surface area contributed by atoms with Crippen LogP contribution >= 0.6 is 0 Å². The molecule has 1 aliphatic heterocycles. The van der Waals surface area contributed by atoms with Crippen LogP contribution in [0.15, 0.2) is 53.1 Å². The van der Waals surface area contributed by atoms with Gasteiger partial charge in [-0.3, -0.25) is 0 Å². The van der Waals surface area contributed by atoms with E-state index in [1.807, 2.05) is 42.5 Å². The normalized spacial score (nSPS) is 14.1. The molecule has 0 unspecified atom stereocenters. The molecule has 1 aliphatic rings. The number of urea groups is 1. The van der Waals surface area contributed by atoms with E-state index in [-0.39, 0.29) is 12.1 Å². The number of amides is 2. The van der Waals surface area contributed by atoms with Crippen LogP contribution in [0.3, 0.4) is 0 Å². The zero-order valence-electron chi connectivity index (χ0n) is 13.7. The predicted molar refractivity (Wildman–Crippen MR) is 90.7 cm³/mol. The van der Waals surface area contributed by atoms with E-state index in [0.717, 1.165) is 36.6 Å². The molecule has 1 atom stereocenters. The summed E-state index contributed by atoms with van der Waals surface area (Å²) in [5, 5.41) is 14.1. The van der Waals surface area contributed by atoms with Crippen molar-refractivity contribution in [3.05, 3.63) is 71.7 Å². The summed E-state index contributed by atoms with van der Waals surface area (Å²) in [5.41, 5.74) is 0.955. The molecule has 2 amide bonds. The number of hydrogen-bond acceptors (Lipinski definition) is 4. The quantitative estimate of drug-likeness (QED) is 0.749. The second-order valence-corrected chi connectivity index (χ2v) is 5.97. The highest BCUT2D eigenvalue weighted by Crippen LogP contribution is 2.22. The molecule has 3 heterocycles. The minimum absolute atomic E-state index is 0.277. The first-order valence-electron chi connectivity index (χ1n) is 8.35. The number of carbonyl (C=O) groups excluding carboxylic acids is 1. The van der Waals surface area contributed by atoms with E-state index in [0.29, 0.717) is 12.3 Å². The molecule has 0 saturated carbocycles. The molecular weight excluding hydrogens is 318 g/mol. The molecule has 0 bridgehead atoms. The van der Waals surface area contributed by atoms with Crippen molar-refractivity contribution in [3.63, 3.8) is 0 Å². The number of nitrogens with one attached hydrogen (secondary N) is 2. The van der Waals surface area contributed by atoms with Crippen molar-refractivity contribution >= 4 is 6.03 Å². The lowest BCUT2D eigenvalue weighted by atomic mass is 10.1. The van der Waals surface area contributed by atoms with Crippen LogP contribution in [-0.2, 0) is 19.5 Å². The fourth-order valence-electron chi connectivity index (χ4n) is 3.10. The van der Waals surface area contributed by atoms with Gasteiger partial charge in [-0.1, -0.05) is 30.3 Å². The Kier molecular flexibility index (Phi) is 4.20. The van der Waals surface area contributed by atoms with Crippen LogP contribution in [0.4, 0.5) is 4.79 Å². The second kappa shape index (κ2) is 6.80.